The molecule has 0 radical (unpaired) electrons. The molecule has 3 amide bonds. The Hall–Kier alpha value is -3.73. The summed E-state index contributed by atoms with van der Waals surface area (Å²) < 4.78 is 0. The second-order valence-corrected chi connectivity index (χ2v) is 12.0. The lowest BCUT2D eigenvalue weighted by Crippen LogP contribution is -2.41. The molecule has 0 aromatic heterocycles. The minimum atomic E-state index is -0.395. The first-order valence-corrected chi connectivity index (χ1v) is 15.6. The minimum Gasteiger partial charge on any atom is -0.326 e. The molecule has 41 heavy (non-hydrogen) atoms. The van der Waals surface area contributed by atoms with Crippen LogP contribution < -0.4 is 10.2 Å². The van der Waals surface area contributed by atoms with Gasteiger partial charge in [0, 0.05) is 23.9 Å². The maximum absolute atomic E-state index is 13.9. The third kappa shape index (κ3) is 5.11. The predicted molar refractivity (Wildman–Crippen MR) is 163 cm³/mol. The van der Waals surface area contributed by atoms with Crippen LogP contribution in [0, 0.1) is 11.8 Å². The van der Waals surface area contributed by atoms with Crippen molar-refractivity contribution in [1.82, 2.24) is 0 Å². The van der Waals surface area contributed by atoms with Crippen LogP contribution >= 0.6 is 0 Å². The molecule has 2 bridgehead atoms. The molecular weight excluding hydrogens is 508 g/mol. The highest BCUT2D eigenvalue weighted by Gasteiger charge is 2.61. The zero-order valence-corrected chi connectivity index (χ0v) is 24.0. The number of imide groups is 1. The van der Waals surface area contributed by atoms with Crippen molar-refractivity contribution in [3.8, 4) is 0 Å². The van der Waals surface area contributed by atoms with Crippen molar-refractivity contribution < 1.29 is 14.4 Å². The summed E-state index contributed by atoms with van der Waals surface area (Å²) in [5.74, 6) is -1.26. The molecule has 0 spiro atoms. The molecule has 3 aromatic rings. The van der Waals surface area contributed by atoms with Gasteiger partial charge in [-0.05, 0) is 52.9 Å². The normalized spacial score (nSPS) is 21.9. The summed E-state index contributed by atoms with van der Waals surface area (Å²) in [4.78, 5) is 41.7. The number of nitrogens with zero attached hydrogens (tertiary/aromatic N) is 1. The molecular formula is C36H40N2O3. The largest absolute Gasteiger partial charge is 0.326 e. The number of hydrogen-bond donors (Lipinski definition) is 1. The Kier molecular flexibility index (Phi) is 8.04. The van der Waals surface area contributed by atoms with E-state index in [9.17, 15) is 14.4 Å². The standard InChI is InChI=1S/C36H40N2O3/c1-2-3-4-5-6-7-8-9-10-19-30(39)37-24-20-22-25(23-21-24)38-35(40)33-31-26-15-11-12-16-27(26)32(34(33)36(38)41)29-18-14-13-17-28(29)31/h11-18,20-23,31-34H,2-10,19H2,1H3,(H,37,39)/t31?,32?,33-,34-/m1/s1. The molecule has 1 aliphatic heterocycles. The van der Waals surface area contributed by atoms with Crippen LogP contribution in [0.15, 0.2) is 72.8 Å². The van der Waals surface area contributed by atoms with E-state index >= 15 is 0 Å². The van der Waals surface area contributed by atoms with Gasteiger partial charge >= 0.3 is 0 Å². The zero-order valence-electron chi connectivity index (χ0n) is 24.0. The molecule has 5 nitrogen and oxygen atoms in total. The molecule has 1 saturated heterocycles. The Bertz CT molecular complexity index is 1310. The van der Waals surface area contributed by atoms with Crippen LogP contribution in [0.2, 0.25) is 0 Å². The molecule has 1 N–H and O–H groups in total. The molecule has 3 aromatic carbocycles. The Morgan fingerprint density at radius 1 is 0.634 bits per heavy atom. The summed E-state index contributed by atoms with van der Waals surface area (Å²) in [6, 6.07) is 23.7. The summed E-state index contributed by atoms with van der Waals surface area (Å²) in [6.45, 7) is 2.24. The third-order valence-electron chi connectivity index (χ3n) is 9.37. The number of anilines is 2. The number of amides is 3. The molecule has 5 heteroatoms. The van der Waals surface area contributed by atoms with Gasteiger partial charge in [0.1, 0.15) is 0 Å². The van der Waals surface area contributed by atoms with E-state index in [0.29, 0.717) is 17.8 Å². The van der Waals surface area contributed by atoms with E-state index in [0.717, 1.165) is 12.8 Å². The topological polar surface area (TPSA) is 66.5 Å². The first-order chi connectivity index (χ1) is 20.1. The predicted octanol–water partition coefficient (Wildman–Crippen LogP) is 7.94. The van der Waals surface area contributed by atoms with Crippen LogP contribution in [0.25, 0.3) is 0 Å². The van der Waals surface area contributed by atoms with Crippen molar-refractivity contribution in [2.75, 3.05) is 10.2 Å². The molecule has 0 saturated carbocycles. The molecule has 1 heterocycles. The Morgan fingerprint density at radius 2 is 1.07 bits per heavy atom. The maximum atomic E-state index is 13.9. The van der Waals surface area contributed by atoms with Crippen molar-refractivity contribution in [2.24, 2.45) is 11.8 Å². The fraction of sp³-hybridized carbons (Fsp3) is 0.417. The average molecular weight is 549 g/mol. The maximum Gasteiger partial charge on any atom is 0.238 e. The average Bonchev–Trinajstić information content (AvgIpc) is 3.26. The Balaban J connectivity index is 1.09. The number of carbonyl (C=O) groups is 3. The number of rotatable bonds is 12. The first kappa shape index (κ1) is 27.4. The van der Waals surface area contributed by atoms with E-state index in [1.54, 1.807) is 24.3 Å². The van der Waals surface area contributed by atoms with Gasteiger partial charge in [0.25, 0.3) is 0 Å². The smallest absolute Gasteiger partial charge is 0.238 e. The summed E-state index contributed by atoms with van der Waals surface area (Å²) in [5, 5.41) is 2.98. The Morgan fingerprint density at radius 3 is 1.54 bits per heavy atom. The highest BCUT2D eigenvalue weighted by Crippen LogP contribution is 2.61. The molecule has 2 atom stereocenters. The van der Waals surface area contributed by atoms with E-state index < -0.39 is 11.8 Å². The molecule has 4 aliphatic rings. The van der Waals surface area contributed by atoms with Crippen LogP contribution in [0.3, 0.4) is 0 Å². The van der Waals surface area contributed by atoms with Crippen molar-refractivity contribution >= 4 is 29.1 Å². The number of unbranched alkanes of at least 4 members (excludes halogenated alkanes) is 8. The molecule has 1 fully saturated rings. The number of carbonyl (C=O) groups excluding carboxylic acids is 3. The fourth-order valence-corrected chi connectivity index (χ4v) is 7.45. The van der Waals surface area contributed by atoms with Crippen LogP contribution in [0.4, 0.5) is 11.4 Å². The van der Waals surface area contributed by atoms with Gasteiger partial charge in [-0.25, -0.2) is 4.90 Å². The van der Waals surface area contributed by atoms with Crippen molar-refractivity contribution in [3.63, 3.8) is 0 Å². The zero-order chi connectivity index (χ0) is 28.3. The van der Waals surface area contributed by atoms with Crippen LogP contribution in [0.5, 0.6) is 0 Å². The Labute approximate surface area is 243 Å². The highest BCUT2D eigenvalue weighted by molar-refractivity contribution is 6.23. The fourth-order valence-electron chi connectivity index (χ4n) is 7.45. The van der Waals surface area contributed by atoms with Crippen LogP contribution in [-0.4, -0.2) is 17.7 Å². The number of nitrogens with one attached hydrogen (secondary N) is 1. The molecule has 7 rings (SSSR count). The van der Waals surface area contributed by atoms with Gasteiger partial charge in [-0.1, -0.05) is 107 Å². The first-order valence-electron chi connectivity index (χ1n) is 15.6. The van der Waals surface area contributed by atoms with E-state index in [2.05, 4.69) is 36.5 Å². The summed E-state index contributed by atoms with van der Waals surface area (Å²) in [5.41, 5.74) is 5.94. The molecule has 3 aliphatic carbocycles. The van der Waals surface area contributed by atoms with Gasteiger partial charge in [0.2, 0.25) is 17.7 Å². The monoisotopic (exact) mass is 548 g/mol. The second-order valence-electron chi connectivity index (χ2n) is 12.0. The quantitative estimate of drug-likeness (QED) is 0.185. The van der Waals surface area contributed by atoms with E-state index in [1.165, 1.54) is 72.1 Å². The van der Waals surface area contributed by atoms with Gasteiger partial charge in [-0.3, -0.25) is 14.4 Å². The van der Waals surface area contributed by atoms with Gasteiger partial charge in [0.05, 0.1) is 17.5 Å². The van der Waals surface area contributed by atoms with E-state index in [4.69, 9.17) is 0 Å². The van der Waals surface area contributed by atoms with Gasteiger partial charge < -0.3 is 5.32 Å². The van der Waals surface area contributed by atoms with Crippen molar-refractivity contribution in [2.45, 2.75) is 83.0 Å². The van der Waals surface area contributed by atoms with Crippen molar-refractivity contribution in [3.05, 3.63) is 95.1 Å². The second kappa shape index (κ2) is 12.0. The lowest BCUT2D eigenvalue weighted by molar-refractivity contribution is -0.122. The summed E-state index contributed by atoms with van der Waals surface area (Å²) in [7, 11) is 0. The summed E-state index contributed by atoms with van der Waals surface area (Å²) in [6.07, 6.45) is 11.5. The van der Waals surface area contributed by atoms with Gasteiger partial charge in [0.15, 0.2) is 0 Å². The highest BCUT2D eigenvalue weighted by atomic mass is 16.2. The summed E-state index contributed by atoms with van der Waals surface area (Å²) >= 11 is 0. The minimum absolute atomic E-state index is 0.00662. The van der Waals surface area contributed by atoms with Crippen LogP contribution in [-0.2, 0) is 14.4 Å². The number of benzene rings is 3. The van der Waals surface area contributed by atoms with Crippen molar-refractivity contribution in [1.29, 1.82) is 0 Å². The van der Waals surface area contributed by atoms with Gasteiger partial charge in [-0.15, -0.1) is 0 Å². The molecule has 0 unspecified atom stereocenters. The molecule has 212 valence electrons. The van der Waals surface area contributed by atoms with E-state index in [1.807, 2.05) is 24.3 Å². The third-order valence-corrected chi connectivity index (χ3v) is 9.37. The number of hydrogen-bond acceptors (Lipinski definition) is 3. The SMILES string of the molecule is CCCCCCCCCCCC(=O)Nc1ccc(N2C(=O)[C@@H]3C4c5ccccc5C(c5ccccc54)[C@H]3C2=O)cc1. The van der Waals surface area contributed by atoms with Gasteiger partial charge in [-0.2, -0.15) is 0 Å². The van der Waals surface area contributed by atoms with E-state index in [-0.39, 0.29) is 29.6 Å². The lowest BCUT2D eigenvalue weighted by Gasteiger charge is -2.45. The van der Waals surface area contributed by atoms with Crippen LogP contribution in [0.1, 0.15) is 105 Å². The lowest BCUT2D eigenvalue weighted by atomic mass is 9.55.